The van der Waals surface area contributed by atoms with Gasteiger partial charge in [0.25, 0.3) is 0 Å². The van der Waals surface area contributed by atoms with E-state index in [9.17, 15) is 9.90 Å². The summed E-state index contributed by atoms with van der Waals surface area (Å²) in [6.07, 6.45) is -0.142. The van der Waals surface area contributed by atoms with Gasteiger partial charge in [0.05, 0.1) is 13.5 Å². The number of hydrogen-bond acceptors (Lipinski definition) is 3. The van der Waals surface area contributed by atoms with Crippen LogP contribution in [0, 0.1) is 0 Å². The van der Waals surface area contributed by atoms with Crippen molar-refractivity contribution in [1.29, 1.82) is 0 Å². The molecule has 1 rings (SSSR count). The Labute approximate surface area is 89.3 Å². The number of phenolic OH excluding ortho intramolecular Hbond substituents is 1. The maximum absolute atomic E-state index is 10.4. The highest BCUT2D eigenvalue weighted by Gasteiger charge is 2.10. The van der Waals surface area contributed by atoms with Gasteiger partial charge in [-0.15, -0.1) is 0 Å². The zero-order valence-electron chi connectivity index (χ0n) is 7.45. The average Bonchev–Trinajstić information content (AvgIpc) is 2.10. The number of phenols is 1. The second-order valence-electron chi connectivity index (χ2n) is 2.70. The molecular formula is C9H9BrO4. The Hall–Kier alpha value is -1.23. The van der Waals surface area contributed by atoms with Gasteiger partial charge in [0, 0.05) is 0 Å². The number of aromatic hydroxyl groups is 1. The van der Waals surface area contributed by atoms with Crippen LogP contribution in [0.4, 0.5) is 0 Å². The molecule has 0 heterocycles. The lowest BCUT2D eigenvalue weighted by Gasteiger charge is -2.07. The number of aliphatic carboxylic acids is 1. The number of halogens is 1. The van der Waals surface area contributed by atoms with Crippen LogP contribution in [0.1, 0.15) is 5.56 Å². The normalized spacial score (nSPS) is 9.86. The first-order chi connectivity index (χ1) is 6.54. The summed E-state index contributed by atoms with van der Waals surface area (Å²) in [5.41, 5.74) is 0.495. The van der Waals surface area contributed by atoms with E-state index in [4.69, 9.17) is 9.84 Å². The SMILES string of the molecule is COc1cc(CC(=O)O)cc(O)c1Br. The van der Waals surface area contributed by atoms with Gasteiger partial charge in [-0.3, -0.25) is 4.79 Å². The minimum Gasteiger partial charge on any atom is -0.507 e. The summed E-state index contributed by atoms with van der Waals surface area (Å²) in [4.78, 5) is 10.4. The number of methoxy groups -OCH3 is 1. The molecule has 2 N–H and O–H groups in total. The summed E-state index contributed by atoms with van der Waals surface area (Å²) in [7, 11) is 1.45. The van der Waals surface area contributed by atoms with Crippen LogP contribution >= 0.6 is 15.9 Å². The molecule has 0 spiro atoms. The second-order valence-corrected chi connectivity index (χ2v) is 3.49. The van der Waals surface area contributed by atoms with Crippen molar-refractivity contribution in [2.75, 3.05) is 7.11 Å². The summed E-state index contributed by atoms with van der Waals surface area (Å²) < 4.78 is 5.37. The molecule has 0 unspecified atom stereocenters. The molecule has 0 saturated heterocycles. The highest BCUT2D eigenvalue weighted by molar-refractivity contribution is 9.10. The topological polar surface area (TPSA) is 66.8 Å². The van der Waals surface area contributed by atoms with Crippen molar-refractivity contribution in [3.05, 3.63) is 22.2 Å². The van der Waals surface area contributed by atoms with Gasteiger partial charge >= 0.3 is 5.97 Å². The molecule has 0 saturated carbocycles. The molecule has 14 heavy (non-hydrogen) atoms. The quantitative estimate of drug-likeness (QED) is 0.870. The number of benzene rings is 1. The number of hydrogen-bond donors (Lipinski definition) is 2. The van der Waals surface area contributed by atoms with Gasteiger partial charge in [-0.2, -0.15) is 0 Å². The largest absolute Gasteiger partial charge is 0.507 e. The van der Waals surface area contributed by atoms with Crippen LogP contribution in [0.15, 0.2) is 16.6 Å². The molecule has 1 aromatic carbocycles. The Bertz CT molecular complexity index is 362. The number of rotatable bonds is 3. The molecule has 1 aromatic rings. The molecule has 0 amide bonds. The third-order valence-corrected chi connectivity index (χ3v) is 2.45. The van der Waals surface area contributed by atoms with Crippen LogP contribution in [-0.2, 0) is 11.2 Å². The predicted molar refractivity (Wildman–Crippen MR) is 53.7 cm³/mol. The number of carboxylic acids is 1. The van der Waals surface area contributed by atoms with Gasteiger partial charge in [0.15, 0.2) is 0 Å². The molecule has 0 aliphatic rings. The monoisotopic (exact) mass is 260 g/mol. The zero-order chi connectivity index (χ0) is 10.7. The van der Waals surface area contributed by atoms with Crippen molar-refractivity contribution >= 4 is 21.9 Å². The molecule has 0 bridgehead atoms. The van der Waals surface area contributed by atoms with E-state index in [1.54, 1.807) is 6.07 Å². The van der Waals surface area contributed by atoms with Crippen LogP contribution < -0.4 is 4.74 Å². The standard InChI is InChI=1S/C9H9BrO4/c1-14-7-3-5(4-8(12)13)2-6(11)9(7)10/h2-3,11H,4H2,1H3,(H,12,13). The van der Waals surface area contributed by atoms with Crippen molar-refractivity contribution in [3.63, 3.8) is 0 Å². The van der Waals surface area contributed by atoms with Crippen LogP contribution in [0.3, 0.4) is 0 Å². The first kappa shape index (κ1) is 10.8. The molecule has 76 valence electrons. The zero-order valence-corrected chi connectivity index (χ0v) is 9.04. The Morgan fingerprint density at radius 2 is 2.21 bits per heavy atom. The van der Waals surface area contributed by atoms with E-state index < -0.39 is 5.97 Å². The average molecular weight is 261 g/mol. The van der Waals surface area contributed by atoms with Gasteiger partial charge < -0.3 is 14.9 Å². The Morgan fingerprint density at radius 3 is 2.71 bits per heavy atom. The summed E-state index contributed by atoms with van der Waals surface area (Å²) in [6.45, 7) is 0. The van der Waals surface area contributed by atoms with E-state index in [0.29, 0.717) is 15.8 Å². The minimum atomic E-state index is -0.950. The van der Waals surface area contributed by atoms with Crippen molar-refractivity contribution in [1.82, 2.24) is 0 Å². The van der Waals surface area contributed by atoms with E-state index in [0.717, 1.165) is 0 Å². The van der Waals surface area contributed by atoms with Gasteiger partial charge in [0.1, 0.15) is 16.0 Å². The predicted octanol–water partition coefficient (Wildman–Crippen LogP) is 1.79. The molecule has 0 radical (unpaired) electrons. The number of ether oxygens (including phenoxy) is 1. The van der Waals surface area contributed by atoms with E-state index >= 15 is 0 Å². The summed E-state index contributed by atoms with van der Waals surface area (Å²) in [5.74, 6) is -0.560. The lowest BCUT2D eigenvalue weighted by Crippen LogP contribution is -2.00. The van der Waals surface area contributed by atoms with E-state index in [-0.39, 0.29) is 12.2 Å². The van der Waals surface area contributed by atoms with Crippen LogP contribution in [0.25, 0.3) is 0 Å². The van der Waals surface area contributed by atoms with Crippen molar-refractivity contribution < 1.29 is 19.7 Å². The lowest BCUT2D eigenvalue weighted by atomic mass is 10.1. The van der Waals surface area contributed by atoms with Gasteiger partial charge in [-0.1, -0.05) is 0 Å². The van der Waals surface area contributed by atoms with E-state index in [1.807, 2.05) is 0 Å². The molecular weight excluding hydrogens is 252 g/mol. The van der Waals surface area contributed by atoms with Crippen LogP contribution in [-0.4, -0.2) is 23.3 Å². The molecule has 0 fully saturated rings. The third kappa shape index (κ3) is 2.38. The number of carbonyl (C=O) groups is 1. The number of carboxylic acid groups (broad SMARTS) is 1. The Kier molecular flexibility index (Phi) is 3.35. The molecule has 0 atom stereocenters. The fraction of sp³-hybridized carbons (Fsp3) is 0.222. The second kappa shape index (κ2) is 4.32. The maximum atomic E-state index is 10.4. The molecule has 0 aliphatic carbocycles. The minimum absolute atomic E-state index is 0.0272. The highest BCUT2D eigenvalue weighted by atomic mass is 79.9. The van der Waals surface area contributed by atoms with Crippen molar-refractivity contribution in [2.24, 2.45) is 0 Å². The van der Waals surface area contributed by atoms with Crippen LogP contribution in [0.2, 0.25) is 0 Å². The van der Waals surface area contributed by atoms with Crippen molar-refractivity contribution in [2.45, 2.75) is 6.42 Å². The highest BCUT2D eigenvalue weighted by Crippen LogP contribution is 2.34. The van der Waals surface area contributed by atoms with E-state index in [1.165, 1.54) is 13.2 Å². The molecule has 0 aromatic heterocycles. The maximum Gasteiger partial charge on any atom is 0.307 e. The molecule has 4 nitrogen and oxygen atoms in total. The van der Waals surface area contributed by atoms with Crippen molar-refractivity contribution in [3.8, 4) is 11.5 Å². The van der Waals surface area contributed by atoms with E-state index in [2.05, 4.69) is 15.9 Å². The fourth-order valence-corrected chi connectivity index (χ4v) is 1.45. The smallest absolute Gasteiger partial charge is 0.307 e. The van der Waals surface area contributed by atoms with Gasteiger partial charge in [0.2, 0.25) is 0 Å². The third-order valence-electron chi connectivity index (χ3n) is 1.66. The summed E-state index contributed by atoms with van der Waals surface area (Å²) in [6, 6.07) is 2.96. The summed E-state index contributed by atoms with van der Waals surface area (Å²) in [5, 5.41) is 18.0. The molecule has 0 aliphatic heterocycles. The first-order valence-electron chi connectivity index (χ1n) is 3.81. The first-order valence-corrected chi connectivity index (χ1v) is 4.61. The lowest BCUT2D eigenvalue weighted by molar-refractivity contribution is -0.136. The Morgan fingerprint density at radius 1 is 1.57 bits per heavy atom. The van der Waals surface area contributed by atoms with Gasteiger partial charge in [-0.25, -0.2) is 0 Å². The van der Waals surface area contributed by atoms with Gasteiger partial charge in [-0.05, 0) is 33.6 Å². The Balaban J connectivity index is 3.09. The van der Waals surface area contributed by atoms with Crippen LogP contribution in [0.5, 0.6) is 11.5 Å². The summed E-state index contributed by atoms with van der Waals surface area (Å²) >= 11 is 3.12. The molecule has 5 heteroatoms. The fourth-order valence-electron chi connectivity index (χ4n) is 1.06.